The summed E-state index contributed by atoms with van der Waals surface area (Å²) < 4.78 is 4.57. The lowest BCUT2D eigenvalue weighted by molar-refractivity contribution is -0.135. The molecule has 7 nitrogen and oxygen atoms in total. The van der Waals surface area contributed by atoms with E-state index in [0.717, 1.165) is 0 Å². The van der Waals surface area contributed by atoms with Crippen molar-refractivity contribution >= 4 is 29.3 Å². The Labute approximate surface area is 114 Å². The van der Waals surface area contributed by atoms with Gasteiger partial charge in [-0.2, -0.15) is 0 Å². The molecule has 0 spiro atoms. The van der Waals surface area contributed by atoms with Crippen LogP contribution in [0.15, 0.2) is 23.3 Å². The Kier molecular flexibility index (Phi) is 5.13. The first-order valence-electron chi connectivity index (χ1n) is 5.24. The van der Waals surface area contributed by atoms with Crippen molar-refractivity contribution in [2.24, 2.45) is 10.8 Å². The van der Waals surface area contributed by atoms with Crippen LogP contribution in [-0.4, -0.2) is 29.4 Å². The fourth-order valence-corrected chi connectivity index (χ4v) is 1.28. The maximum atomic E-state index is 11.7. The van der Waals surface area contributed by atoms with Crippen molar-refractivity contribution in [2.45, 2.75) is 6.92 Å². The van der Waals surface area contributed by atoms with Crippen LogP contribution in [0.3, 0.4) is 0 Å². The van der Waals surface area contributed by atoms with Gasteiger partial charge in [0.05, 0.1) is 12.2 Å². The number of phenols is 1. The van der Waals surface area contributed by atoms with Crippen molar-refractivity contribution in [3.05, 3.63) is 28.8 Å². The number of hydrogen-bond acceptors (Lipinski definition) is 5. The quantitative estimate of drug-likeness (QED) is 0.326. The summed E-state index contributed by atoms with van der Waals surface area (Å²) in [6.07, 6.45) is 0. The maximum Gasteiger partial charge on any atom is 0.375 e. The first kappa shape index (κ1) is 14.8. The highest BCUT2D eigenvalue weighted by molar-refractivity contribution is 6.34. The number of aromatic hydroxyl groups is 1. The molecular formula is C11H12ClN3O4. The minimum absolute atomic E-state index is 0.0899. The van der Waals surface area contributed by atoms with Gasteiger partial charge in [-0.3, -0.25) is 4.79 Å². The number of hydrogen-bond donors (Lipinski definition) is 3. The van der Waals surface area contributed by atoms with E-state index >= 15 is 0 Å². The zero-order valence-electron chi connectivity index (χ0n) is 10.0. The molecule has 19 heavy (non-hydrogen) atoms. The number of nitrogens with zero attached hydrogens (tertiary/aromatic N) is 1. The van der Waals surface area contributed by atoms with Gasteiger partial charge in [-0.15, -0.1) is 5.10 Å². The van der Waals surface area contributed by atoms with Gasteiger partial charge in [0, 0.05) is 5.02 Å². The molecule has 0 heterocycles. The Morgan fingerprint density at radius 2 is 2.21 bits per heavy atom. The summed E-state index contributed by atoms with van der Waals surface area (Å²) in [5.74, 6) is -2.38. The van der Waals surface area contributed by atoms with Crippen LogP contribution in [0.4, 0.5) is 0 Å². The second kappa shape index (κ2) is 6.60. The van der Waals surface area contributed by atoms with E-state index < -0.39 is 17.7 Å². The van der Waals surface area contributed by atoms with Crippen molar-refractivity contribution < 1.29 is 19.4 Å². The number of halogens is 1. The monoisotopic (exact) mass is 285 g/mol. The average Bonchev–Trinajstić information content (AvgIpc) is 2.38. The molecule has 0 aliphatic heterocycles. The van der Waals surface area contributed by atoms with Crippen LogP contribution in [0.1, 0.15) is 17.3 Å². The standard InChI is InChI=1S/C11H12ClN3O4/c1-2-19-11(18)9(13)14-15-10(17)7-5-6(12)3-4-8(7)16/h3-5,16H,2H2,1H3,(H2,13,14)(H,15,17). The highest BCUT2D eigenvalue weighted by Gasteiger charge is 2.13. The van der Waals surface area contributed by atoms with Crippen LogP contribution >= 0.6 is 11.6 Å². The highest BCUT2D eigenvalue weighted by atomic mass is 35.5. The second-order valence-electron chi connectivity index (χ2n) is 3.32. The summed E-state index contributed by atoms with van der Waals surface area (Å²) in [5.41, 5.74) is 7.19. The molecule has 4 N–H and O–H groups in total. The van der Waals surface area contributed by atoms with Gasteiger partial charge in [-0.05, 0) is 25.1 Å². The third kappa shape index (κ3) is 4.14. The van der Waals surface area contributed by atoms with Crippen molar-refractivity contribution in [3.63, 3.8) is 0 Å². The molecule has 8 heteroatoms. The number of esters is 1. The number of amidine groups is 1. The van der Waals surface area contributed by atoms with E-state index in [1.54, 1.807) is 6.92 Å². The lowest BCUT2D eigenvalue weighted by Crippen LogP contribution is -2.30. The number of carbonyl (C=O) groups excluding carboxylic acids is 2. The summed E-state index contributed by atoms with van der Waals surface area (Å²) in [4.78, 5) is 22.8. The first-order chi connectivity index (χ1) is 8.95. The largest absolute Gasteiger partial charge is 0.507 e. The second-order valence-corrected chi connectivity index (χ2v) is 3.76. The summed E-state index contributed by atoms with van der Waals surface area (Å²) in [7, 11) is 0. The SMILES string of the molecule is CCOC(=O)/C(N)=N\NC(=O)c1cc(Cl)ccc1O. The molecule has 1 aromatic carbocycles. The van der Waals surface area contributed by atoms with Crippen LogP contribution in [0.5, 0.6) is 5.75 Å². The number of rotatable bonds is 3. The topological polar surface area (TPSA) is 114 Å². The molecular weight excluding hydrogens is 274 g/mol. The number of benzene rings is 1. The Hall–Kier alpha value is -2.28. The van der Waals surface area contributed by atoms with Gasteiger partial charge in [-0.25, -0.2) is 10.2 Å². The van der Waals surface area contributed by atoms with Crippen molar-refractivity contribution in [2.75, 3.05) is 6.61 Å². The molecule has 0 saturated carbocycles. The molecule has 1 amide bonds. The van der Waals surface area contributed by atoms with E-state index in [-0.39, 0.29) is 22.9 Å². The minimum atomic E-state index is -0.849. The fourth-order valence-electron chi connectivity index (χ4n) is 1.11. The molecule has 0 aliphatic rings. The Balaban J connectivity index is 2.78. The molecule has 0 aliphatic carbocycles. The normalized spacial score (nSPS) is 10.9. The Morgan fingerprint density at radius 1 is 1.53 bits per heavy atom. The van der Waals surface area contributed by atoms with Gasteiger partial charge in [0.25, 0.3) is 5.91 Å². The van der Waals surface area contributed by atoms with Crippen molar-refractivity contribution in [1.29, 1.82) is 0 Å². The predicted molar refractivity (Wildman–Crippen MR) is 68.8 cm³/mol. The number of nitrogens with two attached hydrogens (primary N) is 1. The minimum Gasteiger partial charge on any atom is -0.507 e. The van der Waals surface area contributed by atoms with E-state index in [2.05, 4.69) is 9.84 Å². The molecule has 0 aromatic heterocycles. The van der Waals surface area contributed by atoms with E-state index in [9.17, 15) is 14.7 Å². The number of amides is 1. The third-order valence-electron chi connectivity index (χ3n) is 1.97. The maximum absolute atomic E-state index is 11.7. The Bertz CT molecular complexity index is 531. The molecule has 1 aromatic rings. The number of hydrazone groups is 1. The molecule has 0 fully saturated rings. The zero-order chi connectivity index (χ0) is 14.4. The predicted octanol–water partition coefficient (Wildman–Crippen LogP) is 0.611. The van der Waals surface area contributed by atoms with Gasteiger partial charge >= 0.3 is 5.97 Å². The van der Waals surface area contributed by atoms with E-state index in [0.29, 0.717) is 0 Å². The van der Waals surface area contributed by atoms with Crippen LogP contribution < -0.4 is 11.2 Å². The zero-order valence-corrected chi connectivity index (χ0v) is 10.8. The van der Waals surface area contributed by atoms with Gasteiger partial charge in [0.1, 0.15) is 5.75 Å². The van der Waals surface area contributed by atoms with Crippen LogP contribution in [0.2, 0.25) is 5.02 Å². The summed E-state index contributed by atoms with van der Waals surface area (Å²) in [6, 6.07) is 3.93. The lowest BCUT2D eigenvalue weighted by Gasteiger charge is -2.04. The van der Waals surface area contributed by atoms with Gasteiger partial charge in [-0.1, -0.05) is 11.6 Å². The summed E-state index contributed by atoms with van der Waals surface area (Å²) in [6.45, 7) is 1.74. The smallest absolute Gasteiger partial charge is 0.375 e. The summed E-state index contributed by atoms with van der Waals surface area (Å²) in [5, 5.41) is 13.1. The number of carbonyl (C=O) groups is 2. The first-order valence-corrected chi connectivity index (χ1v) is 5.62. The van der Waals surface area contributed by atoms with Crippen LogP contribution in [0, 0.1) is 0 Å². The number of phenolic OH excluding ortho intramolecular Hbond substituents is 1. The van der Waals surface area contributed by atoms with Gasteiger partial charge < -0.3 is 15.6 Å². The molecule has 1 rings (SSSR count). The lowest BCUT2D eigenvalue weighted by atomic mass is 10.2. The van der Waals surface area contributed by atoms with Crippen LogP contribution in [-0.2, 0) is 9.53 Å². The van der Waals surface area contributed by atoms with Gasteiger partial charge in [0.2, 0.25) is 5.84 Å². The number of nitrogens with one attached hydrogen (secondary N) is 1. The Morgan fingerprint density at radius 3 is 2.84 bits per heavy atom. The number of ether oxygens (including phenoxy) is 1. The molecule has 0 saturated heterocycles. The summed E-state index contributed by atoms with van der Waals surface area (Å²) >= 11 is 5.69. The average molecular weight is 286 g/mol. The van der Waals surface area contributed by atoms with Crippen molar-refractivity contribution in [1.82, 2.24) is 5.43 Å². The van der Waals surface area contributed by atoms with Crippen molar-refractivity contribution in [3.8, 4) is 5.75 Å². The molecule has 0 atom stereocenters. The highest BCUT2D eigenvalue weighted by Crippen LogP contribution is 2.21. The van der Waals surface area contributed by atoms with E-state index in [1.807, 2.05) is 5.43 Å². The van der Waals surface area contributed by atoms with Crippen LogP contribution in [0.25, 0.3) is 0 Å². The molecule has 0 unspecified atom stereocenters. The van der Waals surface area contributed by atoms with E-state index in [1.165, 1.54) is 18.2 Å². The molecule has 102 valence electrons. The molecule has 0 radical (unpaired) electrons. The fraction of sp³-hybridized carbons (Fsp3) is 0.182. The third-order valence-corrected chi connectivity index (χ3v) is 2.20. The van der Waals surface area contributed by atoms with E-state index in [4.69, 9.17) is 17.3 Å². The van der Waals surface area contributed by atoms with Gasteiger partial charge in [0.15, 0.2) is 0 Å². The molecule has 0 bridgehead atoms.